The van der Waals surface area contributed by atoms with Gasteiger partial charge in [0.05, 0.1) is 19.1 Å². The molecule has 0 aromatic rings. The molecule has 0 spiro atoms. The summed E-state index contributed by atoms with van der Waals surface area (Å²) in [6.07, 6.45) is 0.412. The maximum atomic E-state index is 10.8. The van der Waals surface area contributed by atoms with Gasteiger partial charge in [0, 0.05) is 11.5 Å². The molecule has 0 aromatic carbocycles. The number of aliphatic hydroxyl groups is 1. The van der Waals surface area contributed by atoms with Gasteiger partial charge in [0.1, 0.15) is 0 Å². The second-order valence-corrected chi connectivity index (χ2v) is 5.00. The van der Waals surface area contributed by atoms with E-state index in [0.29, 0.717) is 17.9 Å². The van der Waals surface area contributed by atoms with Gasteiger partial charge in [-0.25, -0.2) is 0 Å². The van der Waals surface area contributed by atoms with Crippen molar-refractivity contribution in [1.29, 1.82) is 0 Å². The lowest BCUT2D eigenvalue weighted by Gasteiger charge is -2.27. The molecule has 4 heteroatoms. The molecule has 0 heterocycles. The van der Waals surface area contributed by atoms with Crippen LogP contribution in [-0.2, 0) is 9.53 Å². The smallest absolute Gasteiger partial charge is 0.306 e. The van der Waals surface area contributed by atoms with Gasteiger partial charge in [0.15, 0.2) is 0 Å². The van der Waals surface area contributed by atoms with E-state index in [2.05, 4.69) is 4.74 Å². The minimum Gasteiger partial charge on any atom is -0.469 e. The van der Waals surface area contributed by atoms with E-state index in [9.17, 15) is 9.90 Å². The van der Waals surface area contributed by atoms with E-state index in [1.807, 2.05) is 20.8 Å². The van der Waals surface area contributed by atoms with Gasteiger partial charge < -0.3 is 9.84 Å². The third kappa shape index (κ3) is 5.50. The summed E-state index contributed by atoms with van der Waals surface area (Å²) < 4.78 is 4.52. The van der Waals surface area contributed by atoms with Crippen LogP contribution < -0.4 is 0 Å². The molecule has 0 saturated carbocycles. The number of hydrogen-bond acceptors (Lipinski definition) is 4. The Labute approximate surface area is 90.2 Å². The third-order valence-electron chi connectivity index (χ3n) is 2.32. The molecule has 1 unspecified atom stereocenters. The summed E-state index contributed by atoms with van der Waals surface area (Å²) in [4.78, 5) is 10.8. The standard InChI is InChI=1S/C10H20O3S/c1-8(2)10(3,12)7-14-6-5-9(11)13-4/h8,12H,5-7H2,1-4H3. The maximum Gasteiger partial charge on any atom is 0.306 e. The zero-order valence-electron chi connectivity index (χ0n) is 9.37. The minimum atomic E-state index is -0.652. The topological polar surface area (TPSA) is 46.5 Å². The van der Waals surface area contributed by atoms with Crippen LogP contribution >= 0.6 is 11.8 Å². The summed E-state index contributed by atoms with van der Waals surface area (Å²) in [5.41, 5.74) is -0.652. The van der Waals surface area contributed by atoms with E-state index in [1.54, 1.807) is 11.8 Å². The number of thioether (sulfide) groups is 1. The Hall–Kier alpha value is -0.220. The van der Waals surface area contributed by atoms with Gasteiger partial charge in [-0.1, -0.05) is 13.8 Å². The number of esters is 1. The van der Waals surface area contributed by atoms with Gasteiger partial charge in [0.2, 0.25) is 0 Å². The predicted molar refractivity (Wildman–Crippen MR) is 59.4 cm³/mol. The van der Waals surface area contributed by atoms with E-state index >= 15 is 0 Å². The number of carbonyl (C=O) groups excluding carboxylic acids is 1. The fourth-order valence-electron chi connectivity index (χ4n) is 0.703. The zero-order chi connectivity index (χ0) is 11.2. The third-order valence-corrected chi connectivity index (χ3v) is 3.60. The molecule has 3 nitrogen and oxygen atoms in total. The Morgan fingerprint density at radius 3 is 2.57 bits per heavy atom. The molecule has 0 amide bonds. The summed E-state index contributed by atoms with van der Waals surface area (Å²) in [5.74, 6) is 1.40. The Morgan fingerprint density at radius 2 is 2.14 bits per heavy atom. The van der Waals surface area contributed by atoms with Crippen molar-refractivity contribution in [2.75, 3.05) is 18.6 Å². The molecule has 0 saturated heterocycles. The highest BCUT2D eigenvalue weighted by atomic mass is 32.2. The van der Waals surface area contributed by atoms with Crippen molar-refractivity contribution in [3.05, 3.63) is 0 Å². The molecule has 0 fully saturated rings. The van der Waals surface area contributed by atoms with Crippen LogP contribution in [0.4, 0.5) is 0 Å². The first-order chi connectivity index (χ1) is 6.40. The Kier molecular flexibility index (Phi) is 6.20. The van der Waals surface area contributed by atoms with Crippen LogP contribution in [0.1, 0.15) is 27.2 Å². The predicted octanol–water partition coefficient (Wildman–Crippen LogP) is 1.69. The highest BCUT2D eigenvalue weighted by Crippen LogP contribution is 2.21. The molecular formula is C10H20O3S. The van der Waals surface area contributed by atoms with Crippen molar-refractivity contribution in [2.24, 2.45) is 5.92 Å². The molecule has 1 N–H and O–H groups in total. The van der Waals surface area contributed by atoms with Crippen molar-refractivity contribution in [1.82, 2.24) is 0 Å². The summed E-state index contributed by atoms with van der Waals surface area (Å²) in [6, 6.07) is 0. The van der Waals surface area contributed by atoms with Gasteiger partial charge in [-0.3, -0.25) is 4.79 Å². The van der Waals surface area contributed by atoms with Gasteiger partial charge in [-0.05, 0) is 12.8 Å². The first-order valence-corrected chi connectivity index (χ1v) is 5.92. The van der Waals surface area contributed by atoms with E-state index < -0.39 is 5.60 Å². The largest absolute Gasteiger partial charge is 0.469 e. The van der Waals surface area contributed by atoms with E-state index in [4.69, 9.17) is 0 Å². The van der Waals surface area contributed by atoms with Crippen molar-refractivity contribution in [3.63, 3.8) is 0 Å². The molecule has 0 bridgehead atoms. The van der Waals surface area contributed by atoms with Crippen molar-refractivity contribution < 1.29 is 14.6 Å². The fraction of sp³-hybridized carbons (Fsp3) is 0.900. The molecule has 0 aromatic heterocycles. The molecule has 0 aliphatic rings. The quantitative estimate of drug-likeness (QED) is 0.546. The molecule has 0 rings (SSSR count). The summed E-state index contributed by atoms with van der Waals surface area (Å²) in [6.45, 7) is 5.80. The van der Waals surface area contributed by atoms with Crippen LogP contribution in [0, 0.1) is 5.92 Å². The Bertz CT molecular complexity index is 178. The van der Waals surface area contributed by atoms with Gasteiger partial charge in [-0.15, -0.1) is 0 Å². The van der Waals surface area contributed by atoms with Crippen LogP contribution in [0.2, 0.25) is 0 Å². The van der Waals surface area contributed by atoms with Crippen LogP contribution in [0.5, 0.6) is 0 Å². The first-order valence-electron chi connectivity index (χ1n) is 4.77. The Morgan fingerprint density at radius 1 is 1.57 bits per heavy atom. The van der Waals surface area contributed by atoms with Gasteiger partial charge in [0.25, 0.3) is 0 Å². The Balaban J connectivity index is 3.59. The SMILES string of the molecule is COC(=O)CCSCC(C)(O)C(C)C. The lowest BCUT2D eigenvalue weighted by atomic mass is 9.95. The monoisotopic (exact) mass is 220 g/mol. The minimum absolute atomic E-state index is 0.193. The molecule has 0 aliphatic carbocycles. The lowest BCUT2D eigenvalue weighted by Crippen LogP contribution is -2.34. The van der Waals surface area contributed by atoms with E-state index in [1.165, 1.54) is 7.11 Å². The molecule has 0 aliphatic heterocycles. The van der Waals surface area contributed by atoms with Crippen LogP contribution in [0.15, 0.2) is 0 Å². The maximum absolute atomic E-state index is 10.8. The van der Waals surface area contributed by atoms with Crippen molar-refractivity contribution >= 4 is 17.7 Å². The molecule has 0 radical (unpaired) electrons. The van der Waals surface area contributed by atoms with E-state index in [0.717, 1.165) is 0 Å². The average Bonchev–Trinajstić information content (AvgIpc) is 2.11. The summed E-state index contributed by atoms with van der Waals surface area (Å²) in [5, 5.41) is 9.88. The van der Waals surface area contributed by atoms with E-state index in [-0.39, 0.29) is 11.9 Å². The summed E-state index contributed by atoms with van der Waals surface area (Å²) >= 11 is 1.58. The second kappa shape index (κ2) is 6.30. The van der Waals surface area contributed by atoms with Gasteiger partial charge in [-0.2, -0.15) is 11.8 Å². The van der Waals surface area contributed by atoms with Gasteiger partial charge >= 0.3 is 5.97 Å². The number of hydrogen-bond donors (Lipinski definition) is 1. The fourth-order valence-corrected chi connectivity index (χ4v) is 1.90. The zero-order valence-corrected chi connectivity index (χ0v) is 10.2. The first kappa shape index (κ1) is 13.8. The highest BCUT2D eigenvalue weighted by Gasteiger charge is 2.24. The summed E-state index contributed by atoms with van der Waals surface area (Å²) in [7, 11) is 1.39. The van der Waals surface area contributed by atoms with Crippen molar-refractivity contribution in [2.45, 2.75) is 32.8 Å². The molecule has 1 atom stereocenters. The van der Waals surface area contributed by atoms with Crippen LogP contribution in [-0.4, -0.2) is 35.3 Å². The van der Waals surface area contributed by atoms with Crippen LogP contribution in [0.3, 0.4) is 0 Å². The van der Waals surface area contributed by atoms with Crippen LogP contribution in [0.25, 0.3) is 0 Å². The number of ether oxygens (including phenoxy) is 1. The molecule has 14 heavy (non-hydrogen) atoms. The molecule has 84 valence electrons. The number of carbonyl (C=O) groups is 1. The normalized spacial score (nSPS) is 15.3. The van der Waals surface area contributed by atoms with Crippen molar-refractivity contribution in [3.8, 4) is 0 Å². The number of methoxy groups -OCH3 is 1. The average molecular weight is 220 g/mol. The lowest BCUT2D eigenvalue weighted by molar-refractivity contribution is -0.140. The second-order valence-electron chi connectivity index (χ2n) is 3.89. The highest BCUT2D eigenvalue weighted by molar-refractivity contribution is 7.99. The molecular weight excluding hydrogens is 200 g/mol. The number of rotatable bonds is 6.